The van der Waals surface area contributed by atoms with Crippen molar-refractivity contribution in [3.05, 3.63) is 48.8 Å². The highest BCUT2D eigenvalue weighted by Gasteiger charge is 2.24. The second-order valence-corrected chi connectivity index (χ2v) is 6.04. The van der Waals surface area contributed by atoms with Crippen molar-refractivity contribution in [2.75, 3.05) is 0 Å². The lowest BCUT2D eigenvalue weighted by atomic mass is 10.1. The fourth-order valence-electron chi connectivity index (χ4n) is 1.77. The zero-order valence-electron chi connectivity index (χ0n) is 10.4. The molecule has 0 aliphatic carbocycles. The molecule has 0 fully saturated rings. The Hall–Kier alpha value is -0.780. The topological polar surface area (TPSA) is 50.2 Å². The van der Waals surface area contributed by atoms with Crippen LogP contribution in [-0.2, 0) is 11.2 Å². The maximum atomic E-state index is 14.5. The van der Waals surface area contributed by atoms with Crippen LogP contribution >= 0.6 is 58.0 Å². The Balaban J connectivity index is 2.76. The van der Waals surface area contributed by atoms with Gasteiger partial charge in [0.1, 0.15) is 5.69 Å². The lowest BCUT2D eigenvalue weighted by molar-refractivity contribution is -0.136. The van der Waals surface area contributed by atoms with E-state index in [4.69, 9.17) is 63.1 Å². The molecule has 3 nitrogen and oxygen atoms in total. The average Bonchev–Trinajstić information content (AvgIpc) is 2.46. The van der Waals surface area contributed by atoms with Crippen LogP contribution in [0.1, 0.15) is 5.56 Å². The van der Waals surface area contributed by atoms with Gasteiger partial charge in [-0.05, 0) is 6.07 Å². The number of benzene rings is 1. The monoisotopic (exact) mass is 401 g/mol. The molecule has 22 heavy (non-hydrogen) atoms. The quantitative estimate of drug-likeness (QED) is 0.522. The van der Waals surface area contributed by atoms with Gasteiger partial charge in [-0.15, -0.1) is 0 Å². The van der Waals surface area contributed by atoms with Gasteiger partial charge in [0.2, 0.25) is 0 Å². The number of carbonyl (C=O) groups is 1. The van der Waals surface area contributed by atoms with Crippen LogP contribution in [0, 0.1) is 5.82 Å². The number of halogens is 6. The van der Waals surface area contributed by atoms with Gasteiger partial charge >= 0.3 is 5.97 Å². The van der Waals surface area contributed by atoms with Gasteiger partial charge in [0.15, 0.2) is 5.82 Å². The standard InChI is InChI=1S/C13H5Cl5FNO2/c14-7-6(8(15)10(17)11(18)9(7)16)13-12(19)4(1-2-20-13)3-5(21)22/h1-2H,3H2,(H,21,22). The highest BCUT2D eigenvalue weighted by Crippen LogP contribution is 2.48. The van der Waals surface area contributed by atoms with Gasteiger partial charge in [-0.25, -0.2) is 4.39 Å². The number of pyridine rings is 1. The Labute approximate surface area is 149 Å². The van der Waals surface area contributed by atoms with Crippen LogP contribution in [-0.4, -0.2) is 16.1 Å². The summed E-state index contributed by atoms with van der Waals surface area (Å²) in [6.07, 6.45) is 0.714. The highest BCUT2D eigenvalue weighted by molar-refractivity contribution is 6.56. The first-order chi connectivity index (χ1) is 10.3. The molecule has 2 aromatic rings. The predicted octanol–water partition coefficient (Wildman–Crippen LogP) is 5.78. The fraction of sp³-hybridized carbons (Fsp3) is 0.0769. The molecule has 0 saturated carbocycles. The number of rotatable bonds is 3. The van der Waals surface area contributed by atoms with Crippen molar-refractivity contribution < 1.29 is 14.3 Å². The molecule has 0 bridgehead atoms. The number of aromatic nitrogens is 1. The molecule has 1 aromatic heterocycles. The van der Waals surface area contributed by atoms with E-state index in [1.807, 2.05) is 0 Å². The predicted molar refractivity (Wildman–Crippen MR) is 86.0 cm³/mol. The van der Waals surface area contributed by atoms with Crippen LogP contribution in [0.15, 0.2) is 12.3 Å². The van der Waals surface area contributed by atoms with Crippen LogP contribution in [0.4, 0.5) is 4.39 Å². The molecule has 1 aromatic carbocycles. The number of hydrogen-bond donors (Lipinski definition) is 1. The van der Waals surface area contributed by atoms with E-state index in [1.165, 1.54) is 12.3 Å². The van der Waals surface area contributed by atoms with E-state index in [0.717, 1.165) is 0 Å². The summed E-state index contributed by atoms with van der Waals surface area (Å²) in [4.78, 5) is 14.6. The molecular weight excluding hydrogens is 398 g/mol. The fourth-order valence-corrected chi connectivity index (χ4v) is 3.09. The molecule has 116 valence electrons. The van der Waals surface area contributed by atoms with E-state index in [-0.39, 0.29) is 41.9 Å². The summed E-state index contributed by atoms with van der Waals surface area (Å²) in [6.45, 7) is 0. The summed E-state index contributed by atoms with van der Waals surface area (Å²) in [6, 6.07) is 1.24. The Morgan fingerprint density at radius 1 is 1.05 bits per heavy atom. The highest BCUT2D eigenvalue weighted by atomic mass is 35.5. The van der Waals surface area contributed by atoms with E-state index in [1.54, 1.807) is 0 Å². The summed E-state index contributed by atoms with van der Waals surface area (Å²) in [7, 11) is 0. The molecule has 0 amide bonds. The largest absolute Gasteiger partial charge is 0.481 e. The summed E-state index contributed by atoms with van der Waals surface area (Å²) < 4.78 is 14.5. The molecule has 2 rings (SSSR count). The van der Waals surface area contributed by atoms with E-state index in [0.29, 0.717) is 0 Å². The number of hydrogen-bond acceptors (Lipinski definition) is 2. The third-order valence-corrected chi connectivity index (χ3v) is 5.03. The van der Waals surface area contributed by atoms with E-state index in [9.17, 15) is 9.18 Å². The minimum absolute atomic E-state index is 0.0486. The minimum atomic E-state index is -1.19. The normalized spacial score (nSPS) is 10.8. The van der Waals surface area contributed by atoms with E-state index in [2.05, 4.69) is 4.98 Å². The third-order valence-electron chi connectivity index (χ3n) is 2.76. The van der Waals surface area contributed by atoms with Crippen LogP contribution < -0.4 is 0 Å². The van der Waals surface area contributed by atoms with Crippen LogP contribution in [0.2, 0.25) is 25.1 Å². The van der Waals surface area contributed by atoms with Crippen LogP contribution in [0.25, 0.3) is 11.3 Å². The summed E-state index contributed by atoms with van der Waals surface area (Å²) in [5, 5.41) is 8.27. The third kappa shape index (κ3) is 3.12. The van der Waals surface area contributed by atoms with Gasteiger partial charge in [-0.1, -0.05) is 58.0 Å². The molecule has 0 aliphatic heterocycles. The maximum Gasteiger partial charge on any atom is 0.307 e. The lowest BCUT2D eigenvalue weighted by Gasteiger charge is -2.13. The van der Waals surface area contributed by atoms with Gasteiger partial charge in [0.25, 0.3) is 0 Å². The smallest absolute Gasteiger partial charge is 0.307 e. The van der Waals surface area contributed by atoms with Gasteiger partial charge in [0.05, 0.1) is 31.5 Å². The van der Waals surface area contributed by atoms with Crippen molar-refractivity contribution in [3.8, 4) is 11.3 Å². The second-order valence-electron chi connectivity index (χ2n) is 4.15. The average molecular weight is 403 g/mol. The molecular formula is C13H5Cl5FNO2. The van der Waals surface area contributed by atoms with Crippen molar-refractivity contribution in [2.24, 2.45) is 0 Å². The Morgan fingerprint density at radius 3 is 2.05 bits per heavy atom. The van der Waals surface area contributed by atoms with Gasteiger partial charge in [0, 0.05) is 17.3 Å². The molecule has 1 heterocycles. The van der Waals surface area contributed by atoms with Gasteiger partial charge in [-0.2, -0.15) is 0 Å². The summed E-state index contributed by atoms with van der Waals surface area (Å²) in [5.74, 6) is -2.07. The molecule has 0 aliphatic rings. The van der Waals surface area contributed by atoms with Crippen molar-refractivity contribution in [3.63, 3.8) is 0 Å². The number of nitrogens with zero attached hydrogens (tertiary/aromatic N) is 1. The zero-order valence-corrected chi connectivity index (χ0v) is 14.2. The Bertz CT molecular complexity index is 753. The molecule has 1 N–H and O–H groups in total. The van der Waals surface area contributed by atoms with Crippen molar-refractivity contribution >= 4 is 64.0 Å². The van der Waals surface area contributed by atoms with Crippen molar-refractivity contribution in [2.45, 2.75) is 6.42 Å². The van der Waals surface area contributed by atoms with Crippen LogP contribution in [0.3, 0.4) is 0 Å². The molecule has 0 spiro atoms. The number of carboxylic acids is 1. The molecule has 0 radical (unpaired) electrons. The number of aliphatic carboxylic acids is 1. The van der Waals surface area contributed by atoms with Crippen molar-refractivity contribution in [1.82, 2.24) is 4.98 Å². The molecule has 0 saturated heterocycles. The van der Waals surface area contributed by atoms with E-state index >= 15 is 0 Å². The lowest BCUT2D eigenvalue weighted by Crippen LogP contribution is -2.05. The summed E-state index contributed by atoms with van der Waals surface area (Å²) >= 11 is 29.8. The molecule has 0 unspecified atom stereocenters. The first kappa shape index (κ1) is 17.6. The number of carboxylic acid groups (broad SMARTS) is 1. The minimum Gasteiger partial charge on any atom is -0.481 e. The maximum absolute atomic E-state index is 14.5. The summed E-state index contributed by atoms with van der Waals surface area (Å²) in [5.41, 5.74) is -0.381. The Morgan fingerprint density at radius 2 is 1.55 bits per heavy atom. The SMILES string of the molecule is O=C(O)Cc1ccnc(-c2c(Cl)c(Cl)c(Cl)c(Cl)c2Cl)c1F. The van der Waals surface area contributed by atoms with Crippen LogP contribution in [0.5, 0.6) is 0 Å². The second kappa shape index (κ2) is 6.77. The molecule has 9 heteroatoms. The zero-order chi connectivity index (χ0) is 16.6. The van der Waals surface area contributed by atoms with E-state index < -0.39 is 18.2 Å². The first-order valence-corrected chi connectivity index (χ1v) is 7.51. The first-order valence-electron chi connectivity index (χ1n) is 5.62. The van der Waals surface area contributed by atoms with Gasteiger partial charge < -0.3 is 5.11 Å². The van der Waals surface area contributed by atoms with Crippen molar-refractivity contribution in [1.29, 1.82) is 0 Å². The molecule has 0 atom stereocenters. The van der Waals surface area contributed by atoms with Gasteiger partial charge in [-0.3, -0.25) is 9.78 Å². The Kier molecular flexibility index (Phi) is 5.41.